The lowest BCUT2D eigenvalue weighted by molar-refractivity contribution is -0.134. The summed E-state index contributed by atoms with van der Waals surface area (Å²) in [7, 11) is -3.59. The van der Waals surface area contributed by atoms with Crippen LogP contribution in [0.15, 0.2) is 53.4 Å². The van der Waals surface area contributed by atoms with Crippen LogP contribution in [-0.4, -0.2) is 37.9 Å². The Hall–Kier alpha value is -2.38. The molecule has 1 aliphatic rings. The smallest absolute Gasteiger partial charge is 0.260 e. The highest BCUT2D eigenvalue weighted by atomic mass is 32.2. The minimum atomic E-state index is -3.59. The summed E-state index contributed by atoms with van der Waals surface area (Å²) in [5.74, 6) is 0.376. The fourth-order valence-electron chi connectivity index (χ4n) is 3.12. The maximum absolute atomic E-state index is 12.5. The van der Waals surface area contributed by atoms with Gasteiger partial charge < -0.3 is 9.64 Å². The zero-order valence-corrected chi connectivity index (χ0v) is 17.3. The maximum Gasteiger partial charge on any atom is 0.260 e. The maximum atomic E-state index is 12.5. The number of rotatable bonds is 5. The second-order valence-electron chi connectivity index (χ2n) is 7.95. The van der Waals surface area contributed by atoms with Crippen LogP contribution in [0.2, 0.25) is 0 Å². The average molecular weight is 403 g/mol. The number of ether oxygens (including phenoxy) is 1. The van der Waals surface area contributed by atoms with Crippen LogP contribution in [0.3, 0.4) is 0 Å². The molecular formula is C21H26N2O4S. The van der Waals surface area contributed by atoms with Crippen LogP contribution in [0, 0.1) is 0 Å². The summed E-state index contributed by atoms with van der Waals surface area (Å²) >= 11 is 0. The number of carbonyl (C=O) groups is 1. The molecule has 3 rings (SSSR count). The number of fused-ring (bicyclic) bond motifs is 1. The summed E-state index contributed by atoms with van der Waals surface area (Å²) < 4.78 is 32.8. The third-order valence-electron chi connectivity index (χ3n) is 4.42. The Morgan fingerprint density at radius 3 is 2.36 bits per heavy atom. The van der Waals surface area contributed by atoms with Crippen molar-refractivity contribution in [2.45, 2.75) is 44.2 Å². The average Bonchev–Trinajstić information content (AvgIpc) is 2.64. The summed E-state index contributed by atoms with van der Waals surface area (Å²) in [5, 5.41) is 0. The van der Waals surface area contributed by atoms with E-state index in [1.807, 2.05) is 18.2 Å². The molecule has 0 spiro atoms. The zero-order chi connectivity index (χ0) is 20.4. The molecule has 28 heavy (non-hydrogen) atoms. The fourth-order valence-corrected chi connectivity index (χ4v) is 4.54. The molecule has 1 aliphatic heterocycles. The second-order valence-corrected chi connectivity index (χ2v) is 9.63. The molecular weight excluding hydrogens is 376 g/mol. The predicted molar refractivity (Wildman–Crippen MR) is 108 cm³/mol. The van der Waals surface area contributed by atoms with Gasteiger partial charge in [0, 0.05) is 18.6 Å². The minimum Gasteiger partial charge on any atom is -0.484 e. The molecule has 0 saturated heterocycles. The molecule has 1 N–H and O–H groups in total. The van der Waals surface area contributed by atoms with E-state index in [1.54, 1.807) is 37.8 Å². The van der Waals surface area contributed by atoms with Crippen molar-refractivity contribution in [1.29, 1.82) is 0 Å². The summed E-state index contributed by atoms with van der Waals surface area (Å²) in [5.41, 5.74) is 1.89. The standard InChI is InChI=1S/C21H26N2O4S/c1-21(2,3)22-28(25,26)19-10-8-18(9-11-19)27-15-20(24)23-13-12-16-6-4-5-7-17(16)14-23/h4-11,22H,12-15H2,1-3H3. The third-order valence-corrected chi connectivity index (χ3v) is 6.19. The lowest BCUT2D eigenvalue weighted by Crippen LogP contribution is -2.40. The van der Waals surface area contributed by atoms with Gasteiger partial charge in [-0.3, -0.25) is 4.79 Å². The Bertz CT molecular complexity index is 947. The summed E-state index contributed by atoms with van der Waals surface area (Å²) in [6.45, 7) is 6.54. The fraction of sp³-hybridized carbons (Fsp3) is 0.381. The lowest BCUT2D eigenvalue weighted by Gasteiger charge is -2.28. The molecule has 2 aromatic rings. The van der Waals surface area contributed by atoms with Crippen molar-refractivity contribution in [2.24, 2.45) is 0 Å². The molecule has 1 amide bonds. The van der Waals surface area contributed by atoms with E-state index in [4.69, 9.17) is 4.74 Å². The van der Waals surface area contributed by atoms with Gasteiger partial charge in [0.05, 0.1) is 4.90 Å². The van der Waals surface area contributed by atoms with Crippen LogP contribution in [0.25, 0.3) is 0 Å². The number of nitrogens with one attached hydrogen (secondary N) is 1. The van der Waals surface area contributed by atoms with Crippen LogP contribution in [0.4, 0.5) is 0 Å². The Morgan fingerprint density at radius 2 is 1.71 bits per heavy atom. The van der Waals surface area contributed by atoms with Gasteiger partial charge in [0.15, 0.2) is 6.61 Å². The highest BCUT2D eigenvalue weighted by molar-refractivity contribution is 7.89. The summed E-state index contributed by atoms with van der Waals surface area (Å²) in [4.78, 5) is 14.4. The first-order valence-corrected chi connectivity index (χ1v) is 10.7. The van der Waals surface area contributed by atoms with Gasteiger partial charge in [0.25, 0.3) is 5.91 Å². The van der Waals surface area contributed by atoms with Gasteiger partial charge in [0.1, 0.15) is 5.75 Å². The molecule has 0 atom stereocenters. The van der Waals surface area contributed by atoms with Crippen molar-refractivity contribution in [3.63, 3.8) is 0 Å². The minimum absolute atomic E-state index is 0.0749. The molecule has 0 fully saturated rings. The van der Waals surface area contributed by atoms with Crippen LogP contribution >= 0.6 is 0 Å². The molecule has 0 aliphatic carbocycles. The van der Waals surface area contributed by atoms with Gasteiger partial charge in [-0.15, -0.1) is 0 Å². The van der Waals surface area contributed by atoms with E-state index >= 15 is 0 Å². The molecule has 7 heteroatoms. The largest absolute Gasteiger partial charge is 0.484 e. The SMILES string of the molecule is CC(C)(C)NS(=O)(=O)c1ccc(OCC(=O)N2CCc3ccccc3C2)cc1. The predicted octanol–water partition coefficient (Wildman–Crippen LogP) is 2.73. The number of hydrogen-bond acceptors (Lipinski definition) is 4. The second kappa shape index (κ2) is 7.93. The van der Waals surface area contributed by atoms with Gasteiger partial charge in [0.2, 0.25) is 10.0 Å². The first-order valence-electron chi connectivity index (χ1n) is 9.25. The number of sulfonamides is 1. The van der Waals surface area contributed by atoms with Gasteiger partial charge >= 0.3 is 0 Å². The van der Waals surface area contributed by atoms with Gasteiger partial charge in [-0.05, 0) is 62.6 Å². The topological polar surface area (TPSA) is 75.7 Å². The van der Waals surface area contributed by atoms with E-state index in [2.05, 4.69) is 10.8 Å². The van der Waals surface area contributed by atoms with Crippen molar-refractivity contribution < 1.29 is 17.9 Å². The highest BCUT2D eigenvalue weighted by Gasteiger charge is 2.23. The monoisotopic (exact) mass is 402 g/mol. The molecule has 0 saturated carbocycles. The van der Waals surface area contributed by atoms with Crippen molar-refractivity contribution in [3.8, 4) is 5.75 Å². The van der Waals surface area contributed by atoms with Crippen molar-refractivity contribution in [3.05, 3.63) is 59.7 Å². The van der Waals surface area contributed by atoms with Gasteiger partial charge in [-0.25, -0.2) is 13.1 Å². The first kappa shape index (κ1) is 20.4. The van der Waals surface area contributed by atoms with E-state index in [-0.39, 0.29) is 17.4 Å². The highest BCUT2D eigenvalue weighted by Crippen LogP contribution is 2.20. The summed E-state index contributed by atoms with van der Waals surface area (Å²) in [6.07, 6.45) is 0.843. The normalized spacial score (nSPS) is 14.5. The third kappa shape index (κ3) is 5.11. The quantitative estimate of drug-likeness (QED) is 0.834. The van der Waals surface area contributed by atoms with E-state index in [0.29, 0.717) is 18.8 Å². The van der Waals surface area contributed by atoms with E-state index in [9.17, 15) is 13.2 Å². The van der Waals surface area contributed by atoms with Crippen LogP contribution in [0.5, 0.6) is 5.75 Å². The van der Waals surface area contributed by atoms with Crippen LogP contribution in [0.1, 0.15) is 31.9 Å². The lowest BCUT2D eigenvalue weighted by atomic mass is 10.00. The van der Waals surface area contributed by atoms with Crippen molar-refractivity contribution >= 4 is 15.9 Å². The van der Waals surface area contributed by atoms with Gasteiger partial charge in [-0.1, -0.05) is 24.3 Å². The molecule has 6 nitrogen and oxygen atoms in total. The number of benzene rings is 2. The molecule has 0 radical (unpaired) electrons. The van der Waals surface area contributed by atoms with E-state index < -0.39 is 15.6 Å². The van der Waals surface area contributed by atoms with E-state index in [1.165, 1.54) is 23.3 Å². The number of carbonyl (C=O) groups excluding carboxylic acids is 1. The molecule has 1 heterocycles. The first-order chi connectivity index (χ1) is 13.1. The van der Waals surface area contributed by atoms with Crippen LogP contribution in [-0.2, 0) is 27.8 Å². The summed E-state index contributed by atoms with van der Waals surface area (Å²) in [6, 6.07) is 14.2. The number of hydrogen-bond donors (Lipinski definition) is 1. The molecule has 0 unspecified atom stereocenters. The van der Waals surface area contributed by atoms with Crippen molar-refractivity contribution in [1.82, 2.24) is 9.62 Å². The number of nitrogens with zero attached hydrogens (tertiary/aromatic N) is 1. The van der Waals surface area contributed by atoms with Crippen molar-refractivity contribution in [2.75, 3.05) is 13.2 Å². The van der Waals surface area contributed by atoms with Crippen LogP contribution < -0.4 is 9.46 Å². The Balaban J connectivity index is 1.57. The van der Waals surface area contributed by atoms with E-state index in [0.717, 1.165) is 6.42 Å². The zero-order valence-electron chi connectivity index (χ0n) is 16.4. The number of amides is 1. The Morgan fingerprint density at radius 1 is 1.07 bits per heavy atom. The molecule has 0 bridgehead atoms. The molecule has 2 aromatic carbocycles. The Labute approximate surface area is 166 Å². The Kier molecular flexibility index (Phi) is 5.76. The van der Waals surface area contributed by atoms with Gasteiger partial charge in [-0.2, -0.15) is 0 Å². The molecule has 150 valence electrons. The molecule has 0 aromatic heterocycles.